The van der Waals surface area contributed by atoms with Crippen LogP contribution in [-0.4, -0.2) is 27.4 Å². The largest absolute Gasteiger partial charge is 0.478 e. The maximum Gasteiger partial charge on any atom is 0.337 e. The third-order valence-electron chi connectivity index (χ3n) is 3.12. The highest BCUT2D eigenvalue weighted by atomic mass is 16.4. The number of rotatable bonds is 5. The Kier molecular flexibility index (Phi) is 3.93. The maximum absolute atomic E-state index is 11.1. The number of carbonyl (C=O) groups is 1. The first kappa shape index (κ1) is 13.9. The van der Waals surface area contributed by atoms with Gasteiger partial charge < -0.3 is 16.2 Å². The summed E-state index contributed by atoms with van der Waals surface area (Å²) in [5.41, 5.74) is 8.85. The molecule has 0 spiro atoms. The molecule has 0 aliphatic rings. The number of benzene rings is 1. The van der Waals surface area contributed by atoms with E-state index in [9.17, 15) is 4.79 Å². The molecule has 1 aromatic carbocycles. The van der Waals surface area contributed by atoms with Crippen molar-refractivity contribution in [2.75, 3.05) is 17.6 Å². The van der Waals surface area contributed by atoms with Gasteiger partial charge in [0.05, 0.1) is 11.8 Å². The Morgan fingerprint density at radius 1 is 1.50 bits per heavy atom. The van der Waals surface area contributed by atoms with Crippen LogP contribution in [0.1, 0.15) is 21.5 Å². The van der Waals surface area contributed by atoms with Crippen molar-refractivity contribution in [3.05, 3.63) is 41.2 Å². The van der Waals surface area contributed by atoms with Crippen molar-refractivity contribution in [3.63, 3.8) is 0 Å². The van der Waals surface area contributed by atoms with E-state index in [0.717, 1.165) is 23.2 Å². The molecule has 0 fully saturated rings. The van der Waals surface area contributed by atoms with E-state index in [1.807, 2.05) is 25.5 Å². The topological polar surface area (TPSA) is 93.2 Å². The zero-order valence-corrected chi connectivity index (χ0v) is 11.6. The zero-order chi connectivity index (χ0) is 14.7. The van der Waals surface area contributed by atoms with Crippen molar-refractivity contribution in [2.45, 2.75) is 13.3 Å². The first-order chi connectivity index (χ1) is 9.47. The van der Waals surface area contributed by atoms with Crippen LogP contribution < -0.4 is 11.1 Å². The van der Waals surface area contributed by atoms with Crippen molar-refractivity contribution < 1.29 is 9.90 Å². The summed E-state index contributed by atoms with van der Waals surface area (Å²) in [5.74, 6) is -1.01. The normalized spacial score (nSPS) is 10.5. The van der Waals surface area contributed by atoms with E-state index in [1.54, 1.807) is 17.7 Å². The minimum atomic E-state index is -1.01. The maximum atomic E-state index is 11.1. The van der Waals surface area contributed by atoms with E-state index in [-0.39, 0.29) is 5.56 Å². The molecule has 0 unspecified atom stereocenters. The van der Waals surface area contributed by atoms with Gasteiger partial charge in [0.2, 0.25) is 0 Å². The molecule has 4 N–H and O–H groups in total. The Balaban J connectivity index is 2.04. The van der Waals surface area contributed by atoms with Gasteiger partial charge in [-0.3, -0.25) is 4.68 Å². The average molecular weight is 274 g/mol. The second-order valence-corrected chi connectivity index (χ2v) is 4.76. The van der Waals surface area contributed by atoms with Crippen LogP contribution in [0.2, 0.25) is 0 Å². The summed E-state index contributed by atoms with van der Waals surface area (Å²) in [6, 6.07) is 3.42. The zero-order valence-electron chi connectivity index (χ0n) is 11.6. The first-order valence-electron chi connectivity index (χ1n) is 6.32. The van der Waals surface area contributed by atoms with Gasteiger partial charge in [0.15, 0.2) is 0 Å². The van der Waals surface area contributed by atoms with Gasteiger partial charge >= 0.3 is 5.97 Å². The van der Waals surface area contributed by atoms with Gasteiger partial charge in [-0.1, -0.05) is 0 Å². The Morgan fingerprint density at radius 2 is 2.25 bits per heavy atom. The van der Waals surface area contributed by atoms with Gasteiger partial charge in [-0.2, -0.15) is 5.10 Å². The number of aromatic nitrogens is 2. The predicted molar refractivity (Wildman–Crippen MR) is 78.0 cm³/mol. The molecule has 0 aliphatic heterocycles. The van der Waals surface area contributed by atoms with Crippen LogP contribution in [0.25, 0.3) is 0 Å². The molecule has 106 valence electrons. The van der Waals surface area contributed by atoms with E-state index in [4.69, 9.17) is 10.8 Å². The van der Waals surface area contributed by atoms with Crippen molar-refractivity contribution >= 4 is 17.3 Å². The van der Waals surface area contributed by atoms with Crippen molar-refractivity contribution in [1.29, 1.82) is 0 Å². The minimum Gasteiger partial charge on any atom is -0.478 e. The van der Waals surface area contributed by atoms with Crippen molar-refractivity contribution in [1.82, 2.24) is 9.78 Å². The van der Waals surface area contributed by atoms with Crippen molar-refractivity contribution in [3.8, 4) is 0 Å². The van der Waals surface area contributed by atoms with E-state index >= 15 is 0 Å². The van der Waals surface area contributed by atoms with Crippen LogP contribution in [0.5, 0.6) is 0 Å². The number of nitrogens with zero attached hydrogens (tertiary/aromatic N) is 2. The predicted octanol–water partition coefficient (Wildman–Crippen LogP) is 1.66. The number of anilines is 2. The average Bonchev–Trinajstić information content (AvgIpc) is 2.79. The molecule has 6 nitrogen and oxygen atoms in total. The molecule has 0 saturated carbocycles. The Bertz CT molecular complexity index is 634. The molecule has 20 heavy (non-hydrogen) atoms. The Morgan fingerprint density at radius 3 is 2.85 bits per heavy atom. The summed E-state index contributed by atoms with van der Waals surface area (Å²) >= 11 is 0. The van der Waals surface area contributed by atoms with E-state index in [2.05, 4.69) is 10.4 Å². The number of nitrogens with one attached hydrogen (secondary N) is 1. The van der Waals surface area contributed by atoms with Gasteiger partial charge in [-0.05, 0) is 36.6 Å². The highest BCUT2D eigenvalue weighted by Gasteiger charge is 2.11. The fourth-order valence-electron chi connectivity index (χ4n) is 2.03. The number of nitrogens with two attached hydrogens (primary N) is 1. The summed E-state index contributed by atoms with van der Waals surface area (Å²) in [7, 11) is 1.87. The third kappa shape index (κ3) is 3.09. The molecular formula is C14H18N4O2. The SMILES string of the molecule is Cc1cc(NCCc2cnn(C)c2)cc(C(=O)O)c1N. The number of carboxylic acids is 1. The number of hydrogen-bond acceptors (Lipinski definition) is 4. The molecule has 1 aromatic heterocycles. The van der Waals surface area contributed by atoms with Crippen LogP contribution in [0.3, 0.4) is 0 Å². The van der Waals surface area contributed by atoms with Gasteiger partial charge in [-0.15, -0.1) is 0 Å². The molecule has 0 amide bonds. The molecule has 6 heteroatoms. The molecule has 2 aromatic rings. The lowest BCUT2D eigenvalue weighted by Crippen LogP contribution is -2.09. The van der Waals surface area contributed by atoms with Crippen LogP contribution in [0.15, 0.2) is 24.5 Å². The lowest BCUT2D eigenvalue weighted by Gasteiger charge is -2.11. The molecule has 0 radical (unpaired) electrons. The Labute approximate surface area is 117 Å². The lowest BCUT2D eigenvalue weighted by atomic mass is 10.1. The van der Waals surface area contributed by atoms with E-state index in [1.165, 1.54) is 0 Å². The van der Waals surface area contributed by atoms with Gasteiger partial charge in [0.25, 0.3) is 0 Å². The summed E-state index contributed by atoms with van der Waals surface area (Å²) in [5, 5.41) is 16.4. The molecular weight excluding hydrogens is 256 g/mol. The molecule has 2 rings (SSSR count). The van der Waals surface area contributed by atoms with Gasteiger partial charge in [0.1, 0.15) is 0 Å². The van der Waals surface area contributed by atoms with Crippen LogP contribution in [0, 0.1) is 6.92 Å². The molecule has 1 heterocycles. The second kappa shape index (κ2) is 5.64. The van der Waals surface area contributed by atoms with Crippen LogP contribution in [-0.2, 0) is 13.5 Å². The number of nitrogen functional groups attached to an aromatic ring is 1. The standard InChI is InChI=1S/C14H18N4O2/c1-9-5-11(6-12(13(9)15)14(19)20)16-4-3-10-7-17-18(2)8-10/h5-8,16H,3-4,15H2,1-2H3,(H,19,20). The Hall–Kier alpha value is -2.50. The highest BCUT2D eigenvalue weighted by Crippen LogP contribution is 2.22. The highest BCUT2D eigenvalue weighted by molar-refractivity contribution is 5.95. The smallest absolute Gasteiger partial charge is 0.337 e. The fraction of sp³-hybridized carbons (Fsp3) is 0.286. The number of carboxylic acid groups (broad SMARTS) is 1. The van der Waals surface area contributed by atoms with Crippen molar-refractivity contribution in [2.24, 2.45) is 7.05 Å². The fourth-order valence-corrected chi connectivity index (χ4v) is 2.03. The molecule has 0 saturated heterocycles. The molecule has 0 atom stereocenters. The third-order valence-corrected chi connectivity index (χ3v) is 3.12. The van der Waals surface area contributed by atoms with Gasteiger partial charge in [0, 0.05) is 31.2 Å². The number of aromatic carboxylic acids is 1. The van der Waals surface area contributed by atoms with E-state index < -0.39 is 5.97 Å². The molecule has 0 aliphatic carbocycles. The second-order valence-electron chi connectivity index (χ2n) is 4.76. The first-order valence-corrected chi connectivity index (χ1v) is 6.32. The number of aryl methyl sites for hydroxylation is 2. The van der Waals surface area contributed by atoms with E-state index in [0.29, 0.717) is 12.2 Å². The quantitative estimate of drug-likeness (QED) is 0.721. The summed E-state index contributed by atoms with van der Waals surface area (Å²) in [6.45, 7) is 2.50. The minimum absolute atomic E-state index is 0.133. The summed E-state index contributed by atoms with van der Waals surface area (Å²) in [6.07, 6.45) is 4.59. The summed E-state index contributed by atoms with van der Waals surface area (Å²) in [4.78, 5) is 11.1. The summed E-state index contributed by atoms with van der Waals surface area (Å²) < 4.78 is 1.76. The molecule has 0 bridgehead atoms. The van der Waals surface area contributed by atoms with Gasteiger partial charge in [-0.25, -0.2) is 4.79 Å². The number of hydrogen-bond donors (Lipinski definition) is 3. The van der Waals surface area contributed by atoms with Crippen LogP contribution in [0.4, 0.5) is 11.4 Å². The lowest BCUT2D eigenvalue weighted by molar-refractivity contribution is 0.0698. The van der Waals surface area contributed by atoms with Crippen LogP contribution >= 0.6 is 0 Å². The monoisotopic (exact) mass is 274 g/mol.